The quantitative estimate of drug-likeness (QED) is 0.475. The Labute approximate surface area is 157 Å². The van der Waals surface area contributed by atoms with E-state index in [4.69, 9.17) is 23.2 Å². The fourth-order valence-electron chi connectivity index (χ4n) is 2.31. The molecule has 1 amide bonds. The van der Waals surface area contributed by atoms with Gasteiger partial charge in [0.25, 0.3) is 0 Å². The minimum atomic E-state index is -0.0912. The Morgan fingerprint density at radius 1 is 1.12 bits per heavy atom. The third-order valence-electron chi connectivity index (χ3n) is 3.64. The molecule has 128 valence electrons. The number of aryl methyl sites for hydroxylation is 1. The number of rotatable bonds is 8. The van der Waals surface area contributed by atoms with Crippen molar-refractivity contribution in [3.63, 3.8) is 0 Å². The Bertz CT molecular complexity index is 661. The average Bonchev–Trinajstić information content (AvgIpc) is 2.59. The summed E-state index contributed by atoms with van der Waals surface area (Å²) < 4.78 is 0. The minimum Gasteiger partial charge on any atom is -0.355 e. The van der Waals surface area contributed by atoms with Gasteiger partial charge in [0, 0.05) is 21.5 Å². The Kier molecular flexibility index (Phi) is 7.97. The van der Waals surface area contributed by atoms with E-state index < -0.39 is 0 Å². The van der Waals surface area contributed by atoms with E-state index in [1.54, 1.807) is 11.8 Å². The lowest BCUT2D eigenvalue weighted by atomic mass is 10.1. The van der Waals surface area contributed by atoms with Gasteiger partial charge in [0.05, 0.1) is 5.25 Å². The third kappa shape index (κ3) is 6.04. The molecular weight excluding hydrogens is 361 g/mol. The van der Waals surface area contributed by atoms with Crippen molar-refractivity contribution in [1.29, 1.82) is 0 Å². The van der Waals surface area contributed by atoms with Crippen molar-refractivity contribution in [1.82, 2.24) is 5.32 Å². The highest BCUT2D eigenvalue weighted by atomic mass is 35.5. The van der Waals surface area contributed by atoms with Crippen molar-refractivity contribution >= 4 is 40.9 Å². The second-order valence-corrected chi connectivity index (χ2v) is 7.57. The summed E-state index contributed by atoms with van der Waals surface area (Å²) >= 11 is 13.6. The van der Waals surface area contributed by atoms with Crippen LogP contribution in [0.5, 0.6) is 0 Å². The maximum Gasteiger partial charge on any atom is 0.233 e. The molecule has 0 aliphatic heterocycles. The molecular formula is C19H21Cl2NOS. The molecule has 0 aliphatic carbocycles. The van der Waals surface area contributed by atoms with Crippen LogP contribution in [0.25, 0.3) is 0 Å². The van der Waals surface area contributed by atoms with Crippen molar-refractivity contribution in [3.05, 3.63) is 64.1 Å². The molecule has 0 spiro atoms. The molecule has 0 aliphatic rings. The van der Waals surface area contributed by atoms with Gasteiger partial charge in [-0.3, -0.25) is 4.79 Å². The summed E-state index contributed by atoms with van der Waals surface area (Å²) in [5.74, 6) is 0.0802. The van der Waals surface area contributed by atoms with Crippen LogP contribution in [0.2, 0.25) is 10.0 Å². The number of carbonyl (C=O) groups is 1. The first kappa shape index (κ1) is 19.2. The smallest absolute Gasteiger partial charge is 0.233 e. The van der Waals surface area contributed by atoms with Crippen LogP contribution in [-0.2, 0) is 11.2 Å². The van der Waals surface area contributed by atoms with Crippen LogP contribution >= 0.6 is 35.0 Å². The molecule has 0 radical (unpaired) electrons. The summed E-state index contributed by atoms with van der Waals surface area (Å²) in [6, 6.07) is 15.4. The molecule has 5 heteroatoms. The van der Waals surface area contributed by atoms with E-state index in [0.717, 1.165) is 34.7 Å². The molecule has 0 aromatic heterocycles. The molecule has 0 saturated heterocycles. The molecule has 0 saturated carbocycles. The number of halogens is 2. The monoisotopic (exact) mass is 381 g/mol. The maximum atomic E-state index is 12.3. The summed E-state index contributed by atoms with van der Waals surface area (Å²) in [5, 5.41) is 4.43. The zero-order valence-electron chi connectivity index (χ0n) is 13.6. The number of carbonyl (C=O) groups excluding carboxylic acids is 1. The highest BCUT2D eigenvalue weighted by molar-refractivity contribution is 8.00. The van der Waals surface area contributed by atoms with Gasteiger partial charge < -0.3 is 5.32 Å². The predicted molar refractivity (Wildman–Crippen MR) is 104 cm³/mol. The van der Waals surface area contributed by atoms with Crippen molar-refractivity contribution in [2.45, 2.75) is 36.3 Å². The number of nitrogens with one attached hydrogen (secondary N) is 1. The molecule has 0 bridgehead atoms. The van der Waals surface area contributed by atoms with E-state index in [-0.39, 0.29) is 11.2 Å². The van der Waals surface area contributed by atoms with Crippen molar-refractivity contribution in [3.8, 4) is 0 Å². The summed E-state index contributed by atoms with van der Waals surface area (Å²) in [4.78, 5) is 13.4. The Morgan fingerprint density at radius 3 is 2.50 bits per heavy atom. The van der Waals surface area contributed by atoms with Gasteiger partial charge in [-0.15, -0.1) is 11.8 Å². The SMILES string of the molecule is CC[C@H](Sc1ccc(Cl)cc1)C(=O)NCCCc1ccccc1Cl. The fourth-order valence-corrected chi connectivity index (χ4v) is 3.64. The first-order chi connectivity index (χ1) is 11.6. The van der Waals surface area contributed by atoms with E-state index in [0.29, 0.717) is 11.6 Å². The van der Waals surface area contributed by atoms with Crippen LogP contribution in [-0.4, -0.2) is 17.7 Å². The highest BCUT2D eigenvalue weighted by Gasteiger charge is 2.17. The Hall–Kier alpha value is -1.16. The van der Waals surface area contributed by atoms with Gasteiger partial charge in [0.15, 0.2) is 0 Å². The molecule has 0 heterocycles. The van der Waals surface area contributed by atoms with Crippen LogP contribution in [0.4, 0.5) is 0 Å². The van der Waals surface area contributed by atoms with Crippen LogP contribution < -0.4 is 5.32 Å². The van der Waals surface area contributed by atoms with Gasteiger partial charge >= 0.3 is 0 Å². The van der Waals surface area contributed by atoms with Crippen LogP contribution in [0.3, 0.4) is 0 Å². The molecule has 0 unspecified atom stereocenters. The standard InChI is InChI=1S/C19H21Cl2NOS/c1-2-18(24-16-11-9-15(20)10-12-16)19(23)22-13-5-7-14-6-3-4-8-17(14)21/h3-4,6,8-12,18H,2,5,7,13H2,1H3,(H,22,23)/t18-/m0/s1. The maximum absolute atomic E-state index is 12.3. The Morgan fingerprint density at radius 2 is 1.83 bits per heavy atom. The molecule has 1 N–H and O–H groups in total. The second kappa shape index (κ2) is 9.97. The summed E-state index contributed by atoms with van der Waals surface area (Å²) in [6.07, 6.45) is 2.52. The summed E-state index contributed by atoms with van der Waals surface area (Å²) in [5.41, 5.74) is 1.12. The van der Waals surface area contributed by atoms with Crippen LogP contribution in [0.15, 0.2) is 53.4 Å². The number of thioether (sulfide) groups is 1. The minimum absolute atomic E-state index is 0.0802. The predicted octanol–water partition coefficient (Wildman–Crippen LogP) is 5.61. The Balaban J connectivity index is 1.77. The van der Waals surface area contributed by atoms with Crippen molar-refractivity contribution in [2.75, 3.05) is 6.54 Å². The van der Waals surface area contributed by atoms with E-state index in [1.165, 1.54) is 0 Å². The van der Waals surface area contributed by atoms with Gasteiger partial charge in [0.2, 0.25) is 5.91 Å². The first-order valence-corrected chi connectivity index (χ1v) is 9.67. The molecule has 0 fully saturated rings. The number of amides is 1. The van der Waals surface area contributed by atoms with Crippen molar-refractivity contribution in [2.24, 2.45) is 0 Å². The number of hydrogen-bond acceptors (Lipinski definition) is 2. The summed E-state index contributed by atoms with van der Waals surface area (Å²) in [7, 11) is 0. The van der Waals surface area contributed by atoms with Crippen LogP contribution in [0, 0.1) is 0 Å². The molecule has 24 heavy (non-hydrogen) atoms. The molecule has 2 nitrogen and oxygen atoms in total. The average molecular weight is 382 g/mol. The summed E-state index contributed by atoms with van der Waals surface area (Å²) in [6.45, 7) is 2.68. The fraction of sp³-hybridized carbons (Fsp3) is 0.316. The highest BCUT2D eigenvalue weighted by Crippen LogP contribution is 2.26. The van der Waals surface area contributed by atoms with Gasteiger partial charge in [0.1, 0.15) is 0 Å². The van der Waals surface area contributed by atoms with Gasteiger partial charge in [-0.25, -0.2) is 0 Å². The van der Waals surface area contributed by atoms with Gasteiger partial charge in [-0.1, -0.05) is 48.3 Å². The zero-order chi connectivity index (χ0) is 17.4. The third-order valence-corrected chi connectivity index (χ3v) is 5.63. The lowest BCUT2D eigenvalue weighted by Gasteiger charge is -2.15. The second-order valence-electron chi connectivity index (χ2n) is 5.45. The van der Waals surface area contributed by atoms with Crippen LogP contribution in [0.1, 0.15) is 25.3 Å². The largest absolute Gasteiger partial charge is 0.355 e. The van der Waals surface area contributed by atoms with Gasteiger partial charge in [-0.2, -0.15) is 0 Å². The number of benzene rings is 2. The lowest BCUT2D eigenvalue weighted by molar-refractivity contribution is -0.120. The van der Waals surface area contributed by atoms with E-state index in [2.05, 4.69) is 5.32 Å². The zero-order valence-corrected chi connectivity index (χ0v) is 15.9. The molecule has 2 aromatic carbocycles. The van der Waals surface area contributed by atoms with Crippen molar-refractivity contribution < 1.29 is 4.79 Å². The molecule has 2 aromatic rings. The van der Waals surface area contributed by atoms with Gasteiger partial charge in [-0.05, 0) is 55.2 Å². The molecule has 2 rings (SSSR count). The first-order valence-electron chi connectivity index (χ1n) is 8.03. The molecule has 1 atom stereocenters. The number of hydrogen-bond donors (Lipinski definition) is 1. The lowest BCUT2D eigenvalue weighted by Crippen LogP contribution is -2.33. The van der Waals surface area contributed by atoms with E-state index >= 15 is 0 Å². The van der Waals surface area contributed by atoms with E-state index in [1.807, 2.05) is 55.5 Å². The normalized spacial score (nSPS) is 12.0. The van der Waals surface area contributed by atoms with E-state index in [9.17, 15) is 4.79 Å². The topological polar surface area (TPSA) is 29.1 Å².